The second-order valence-electron chi connectivity index (χ2n) is 3.30. The van der Waals surface area contributed by atoms with Crippen LogP contribution in [0.2, 0.25) is 5.15 Å². The van der Waals surface area contributed by atoms with Gasteiger partial charge in [0.15, 0.2) is 11.0 Å². The standard InChI is InChI=1S/C9H12ClN3O/c1-13(7-2-5-14-6-7)9-8(10)11-3-4-12-9/h3-4,7H,2,5-6H2,1H3/t7-/m0/s1. The Morgan fingerprint density at radius 2 is 2.29 bits per heavy atom. The fraction of sp³-hybridized carbons (Fsp3) is 0.556. The minimum absolute atomic E-state index is 0.365. The molecule has 76 valence electrons. The first-order valence-electron chi connectivity index (χ1n) is 4.56. The quantitative estimate of drug-likeness (QED) is 0.744. The van der Waals surface area contributed by atoms with Crippen molar-refractivity contribution in [3.63, 3.8) is 0 Å². The summed E-state index contributed by atoms with van der Waals surface area (Å²) >= 11 is 5.94. The summed E-state index contributed by atoms with van der Waals surface area (Å²) in [7, 11) is 1.97. The molecule has 0 N–H and O–H groups in total. The monoisotopic (exact) mass is 213 g/mol. The molecule has 1 aromatic heterocycles. The van der Waals surface area contributed by atoms with Crippen LogP contribution in [0.5, 0.6) is 0 Å². The molecule has 14 heavy (non-hydrogen) atoms. The molecule has 1 fully saturated rings. The largest absolute Gasteiger partial charge is 0.379 e. The molecule has 1 saturated heterocycles. The molecule has 0 unspecified atom stereocenters. The van der Waals surface area contributed by atoms with Gasteiger partial charge >= 0.3 is 0 Å². The Morgan fingerprint density at radius 3 is 2.93 bits per heavy atom. The van der Waals surface area contributed by atoms with Gasteiger partial charge in [-0.1, -0.05) is 11.6 Å². The fourth-order valence-electron chi connectivity index (χ4n) is 1.55. The molecule has 0 spiro atoms. The lowest BCUT2D eigenvalue weighted by Gasteiger charge is -2.24. The average molecular weight is 214 g/mol. The number of aromatic nitrogens is 2. The number of rotatable bonds is 2. The van der Waals surface area contributed by atoms with E-state index in [2.05, 4.69) is 9.97 Å². The van der Waals surface area contributed by atoms with Gasteiger partial charge < -0.3 is 9.64 Å². The molecule has 0 amide bonds. The van der Waals surface area contributed by atoms with Crippen LogP contribution in [0, 0.1) is 0 Å². The summed E-state index contributed by atoms with van der Waals surface area (Å²) in [5.74, 6) is 0.727. The first-order chi connectivity index (χ1) is 6.79. The molecule has 0 radical (unpaired) electrons. The second kappa shape index (κ2) is 4.11. The van der Waals surface area contributed by atoms with Crippen molar-refractivity contribution in [2.75, 3.05) is 25.2 Å². The fourth-order valence-corrected chi connectivity index (χ4v) is 1.79. The van der Waals surface area contributed by atoms with Crippen LogP contribution in [-0.4, -0.2) is 36.3 Å². The van der Waals surface area contributed by atoms with Crippen molar-refractivity contribution in [1.82, 2.24) is 9.97 Å². The van der Waals surface area contributed by atoms with Gasteiger partial charge in [0.2, 0.25) is 0 Å². The maximum absolute atomic E-state index is 5.94. The molecule has 0 aliphatic carbocycles. The number of halogens is 1. The van der Waals surface area contributed by atoms with Crippen LogP contribution in [0.15, 0.2) is 12.4 Å². The molecule has 0 saturated carbocycles. The highest BCUT2D eigenvalue weighted by Gasteiger charge is 2.22. The second-order valence-corrected chi connectivity index (χ2v) is 3.66. The molecule has 0 aromatic carbocycles. The van der Waals surface area contributed by atoms with E-state index in [1.165, 1.54) is 0 Å². The summed E-state index contributed by atoms with van der Waals surface area (Å²) in [6.45, 7) is 1.55. The minimum Gasteiger partial charge on any atom is -0.379 e. The van der Waals surface area contributed by atoms with Crippen LogP contribution in [0.1, 0.15) is 6.42 Å². The van der Waals surface area contributed by atoms with Crippen LogP contribution >= 0.6 is 11.6 Å². The highest BCUT2D eigenvalue weighted by molar-refractivity contribution is 6.31. The minimum atomic E-state index is 0.365. The molecule has 1 aromatic rings. The molecule has 5 heteroatoms. The van der Waals surface area contributed by atoms with E-state index in [0.717, 1.165) is 25.5 Å². The van der Waals surface area contributed by atoms with Gasteiger partial charge in [-0.05, 0) is 6.42 Å². The van der Waals surface area contributed by atoms with Gasteiger partial charge in [-0.25, -0.2) is 9.97 Å². The highest BCUT2D eigenvalue weighted by atomic mass is 35.5. The Morgan fingerprint density at radius 1 is 1.50 bits per heavy atom. The van der Waals surface area contributed by atoms with E-state index >= 15 is 0 Å². The Labute approximate surface area is 87.9 Å². The molecule has 1 atom stereocenters. The van der Waals surface area contributed by atoms with Gasteiger partial charge in [0.1, 0.15) is 0 Å². The van der Waals surface area contributed by atoms with E-state index in [0.29, 0.717) is 11.2 Å². The summed E-state index contributed by atoms with van der Waals surface area (Å²) in [5, 5.41) is 0.446. The summed E-state index contributed by atoms with van der Waals surface area (Å²) in [4.78, 5) is 10.2. The normalized spacial score (nSPS) is 21.1. The van der Waals surface area contributed by atoms with Gasteiger partial charge in [0.25, 0.3) is 0 Å². The number of anilines is 1. The molecule has 0 bridgehead atoms. The smallest absolute Gasteiger partial charge is 0.171 e. The highest BCUT2D eigenvalue weighted by Crippen LogP contribution is 2.23. The van der Waals surface area contributed by atoms with Crippen LogP contribution < -0.4 is 4.90 Å². The molecule has 1 aliphatic heterocycles. The van der Waals surface area contributed by atoms with Crippen molar-refractivity contribution in [3.8, 4) is 0 Å². The van der Waals surface area contributed by atoms with Crippen molar-refractivity contribution in [2.45, 2.75) is 12.5 Å². The topological polar surface area (TPSA) is 38.2 Å². The Hall–Kier alpha value is -0.870. The lowest BCUT2D eigenvalue weighted by atomic mass is 10.2. The molecular weight excluding hydrogens is 202 g/mol. The Kier molecular flexibility index (Phi) is 2.84. The number of nitrogens with zero attached hydrogens (tertiary/aromatic N) is 3. The molecule has 1 aliphatic rings. The maximum Gasteiger partial charge on any atom is 0.171 e. The Balaban J connectivity index is 2.17. The summed E-state index contributed by atoms with van der Waals surface area (Å²) < 4.78 is 5.31. The first kappa shape index (κ1) is 9.68. The van der Waals surface area contributed by atoms with E-state index in [1.807, 2.05) is 11.9 Å². The molecule has 2 heterocycles. The Bertz CT molecular complexity index is 315. The van der Waals surface area contributed by atoms with E-state index in [-0.39, 0.29) is 0 Å². The van der Waals surface area contributed by atoms with Gasteiger partial charge in [-0.2, -0.15) is 0 Å². The zero-order chi connectivity index (χ0) is 9.97. The summed E-state index contributed by atoms with van der Waals surface area (Å²) in [5.41, 5.74) is 0. The molecular formula is C9H12ClN3O. The van der Waals surface area contributed by atoms with E-state index in [9.17, 15) is 0 Å². The van der Waals surface area contributed by atoms with Crippen LogP contribution in [0.4, 0.5) is 5.82 Å². The van der Waals surface area contributed by atoms with Crippen molar-refractivity contribution >= 4 is 17.4 Å². The zero-order valence-electron chi connectivity index (χ0n) is 7.98. The number of likely N-dealkylation sites (N-methyl/N-ethyl adjacent to an activating group) is 1. The predicted octanol–water partition coefficient (Wildman–Crippen LogP) is 1.36. The van der Waals surface area contributed by atoms with Crippen molar-refractivity contribution in [2.24, 2.45) is 0 Å². The predicted molar refractivity (Wildman–Crippen MR) is 54.7 cm³/mol. The van der Waals surface area contributed by atoms with E-state index < -0.39 is 0 Å². The number of hydrogen-bond acceptors (Lipinski definition) is 4. The average Bonchev–Trinajstić information content (AvgIpc) is 2.70. The third kappa shape index (κ3) is 1.81. The SMILES string of the molecule is CN(c1nccnc1Cl)[C@H]1CCOC1. The number of hydrogen-bond donors (Lipinski definition) is 0. The lowest BCUT2D eigenvalue weighted by Crippen LogP contribution is -2.32. The number of ether oxygens (including phenoxy) is 1. The van der Waals surface area contributed by atoms with Crippen LogP contribution in [0.3, 0.4) is 0 Å². The maximum atomic E-state index is 5.94. The van der Waals surface area contributed by atoms with Gasteiger partial charge in [0.05, 0.1) is 12.6 Å². The van der Waals surface area contributed by atoms with Gasteiger partial charge in [0, 0.05) is 26.0 Å². The molecule has 2 rings (SSSR count). The first-order valence-corrected chi connectivity index (χ1v) is 4.94. The van der Waals surface area contributed by atoms with E-state index in [4.69, 9.17) is 16.3 Å². The van der Waals surface area contributed by atoms with Gasteiger partial charge in [-0.3, -0.25) is 0 Å². The third-order valence-electron chi connectivity index (χ3n) is 2.42. The van der Waals surface area contributed by atoms with Crippen LogP contribution in [-0.2, 0) is 4.74 Å². The zero-order valence-corrected chi connectivity index (χ0v) is 8.74. The lowest BCUT2D eigenvalue weighted by molar-refractivity contribution is 0.193. The van der Waals surface area contributed by atoms with E-state index in [1.54, 1.807) is 12.4 Å². The third-order valence-corrected chi connectivity index (χ3v) is 2.69. The van der Waals surface area contributed by atoms with Gasteiger partial charge in [-0.15, -0.1) is 0 Å². The van der Waals surface area contributed by atoms with Crippen molar-refractivity contribution in [3.05, 3.63) is 17.5 Å². The van der Waals surface area contributed by atoms with Crippen molar-refractivity contribution < 1.29 is 4.74 Å². The summed E-state index contributed by atoms with van der Waals surface area (Å²) in [6, 6.07) is 0.365. The van der Waals surface area contributed by atoms with Crippen molar-refractivity contribution in [1.29, 1.82) is 0 Å². The van der Waals surface area contributed by atoms with Crippen LogP contribution in [0.25, 0.3) is 0 Å². The summed E-state index contributed by atoms with van der Waals surface area (Å²) in [6.07, 6.45) is 4.25. The molecule has 4 nitrogen and oxygen atoms in total.